The molecule has 0 unspecified atom stereocenters. The average Bonchev–Trinajstić information content (AvgIpc) is 3.11. The number of imidazole rings is 1. The van der Waals surface area contributed by atoms with Gasteiger partial charge in [0.05, 0.1) is 10.4 Å². The van der Waals surface area contributed by atoms with Gasteiger partial charge in [-0.1, -0.05) is 0 Å². The number of nitrogens with one attached hydrogen (secondary N) is 2. The third-order valence-electron chi connectivity index (χ3n) is 4.94. The van der Waals surface area contributed by atoms with Crippen LogP contribution < -0.4 is 10.2 Å². The van der Waals surface area contributed by atoms with Crippen molar-refractivity contribution in [2.24, 2.45) is 0 Å². The summed E-state index contributed by atoms with van der Waals surface area (Å²) in [6.07, 6.45) is 0. The van der Waals surface area contributed by atoms with Crippen molar-refractivity contribution in [2.75, 3.05) is 43.4 Å². The second-order valence-electron chi connectivity index (χ2n) is 7.09. The molecule has 2 N–H and O–H groups in total. The number of amides is 1. The fraction of sp³-hybridized carbons (Fsp3) is 0.316. The van der Waals surface area contributed by atoms with Crippen molar-refractivity contribution in [1.29, 1.82) is 0 Å². The van der Waals surface area contributed by atoms with Gasteiger partial charge in [-0.2, -0.15) is 0 Å². The summed E-state index contributed by atoms with van der Waals surface area (Å²) in [7, 11) is 2.10. The molecule has 1 aliphatic rings. The van der Waals surface area contributed by atoms with E-state index in [-0.39, 0.29) is 17.3 Å². The van der Waals surface area contributed by atoms with Crippen LogP contribution in [0.3, 0.4) is 0 Å². The lowest BCUT2D eigenvalue weighted by molar-refractivity contribution is -0.383. The normalized spacial score (nSPS) is 14.9. The number of benzene rings is 1. The number of hydrogen-bond donors (Lipinski definition) is 2. The number of aromatic nitrogens is 3. The second kappa shape index (κ2) is 7.47. The Morgan fingerprint density at radius 3 is 2.62 bits per heavy atom. The van der Waals surface area contributed by atoms with Crippen molar-refractivity contribution in [1.82, 2.24) is 19.9 Å². The number of anilines is 2. The first-order valence-electron chi connectivity index (χ1n) is 9.27. The summed E-state index contributed by atoms with van der Waals surface area (Å²) >= 11 is 0. The number of nitrogens with zero attached hydrogens (tertiary/aromatic N) is 5. The minimum Gasteiger partial charge on any atom is -0.354 e. The number of hydrogen-bond acceptors (Lipinski definition) is 7. The van der Waals surface area contributed by atoms with Crippen LogP contribution in [0.15, 0.2) is 30.3 Å². The highest BCUT2D eigenvalue weighted by Gasteiger charge is 2.19. The van der Waals surface area contributed by atoms with Crippen LogP contribution in [0.1, 0.15) is 6.92 Å². The first kappa shape index (κ1) is 18.8. The largest absolute Gasteiger partial charge is 0.354 e. The van der Waals surface area contributed by atoms with Gasteiger partial charge in [-0.25, -0.2) is 9.97 Å². The Balaban J connectivity index is 1.66. The Hall–Kier alpha value is -3.53. The van der Waals surface area contributed by atoms with Gasteiger partial charge in [0.15, 0.2) is 5.65 Å². The van der Waals surface area contributed by atoms with Crippen LogP contribution in [-0.2, 0) is 4.79 Å². The molecule has 0 saturated carbocycles. The van der Waals surface area contributed by atoms with E-state index in [1.807, 2.05) is 12.1 Å². The molecule has 1 aliphatic heterocycles. The Labute approximate surface area is 166 Å². The van der Waals surface area contributed by atoms with Crippen LogP contribution in [0.4, 0.5) is 17.2 Å². The highest BCUT2D eigenvalue weighted by molar-refractivity contribution is 5.92. The number of carbonyl (C=O) groups is 1. The van der Waals surface area contributed by atoms with Crippen LogP contribution in [0, 0.1) is 10.1 Å². The molecule has 4 rings (SSSR count). The molecule has 1 aromatic carbocycles. The highest BCUT2D eigenvalue weighted by Crippen LogP contribution is 2.30. The Kier molecular flexibility index (Phi) is 4.85. The number of pyridine rings is 1. The van der Waals surface area contributed by atoms with E-state index < -0.39 is 4.92 Å². The minimum atomic E-state index is -0.527. The summed E-state index contributed by atoms with van der Waals surface area (Å²) < 4.78 is 0. The number of H-pyrrole nitrogens is 1. The van der Waals surface area contributed by atoms with Crippen LogP contribution in [0.25, 0.3) is 22.6 Å². The fourth-order valence-electron chi connectivity index (χ4n) is 3.36. The van der Waals surface area contributed by atoms with E-state index in [1.54, 1.807) is 6.07 Å². The van der Waals surface area contributed by atoms with Gasteiger partial charge >= 0.3 is 0 Å². The maximum absolute atomic E-state index is 11.4. The predicted molar refractivity (Wildman–Crippen MR) is 110 cm³/mol. The number of aromatic amines is 1. The van der Waals surface area contributed by atoms with E-state index in [2.05, 4.69) is 37.1 Å². The van der Waals surface area contributed by atoms with Gasteiger partial charge in [0.2, 0.25) is 5.91 Å². The molecule has 1 fully saturated rings. The molecule has 3 heterocycles. The maximum atomic E-state index is 11.4. The molecule has 0 aliphatic carbocycles. The molecule has 0 atom stereocenters. The molecule has 150 valence electrons. The molecule has 0 spiro atoms. The minimum absolute atomic E-state index is 0.151. The zero-order valence-corrected chi connectivity index (χ0v) is 16.2. The third kappa shape index (κ3) is 3.87. The lowest BCUT2D eigenvalue weighted by Crippen LogP contribution is -2.44. The highest BCUT2D eigenvalue weighted by atomic mass is 16.6. The van der Waals surface area contributed by atoms with Gasteiger partial charge in [-0.3, -0.25) is 14.9 Å². The number of piperazine rings is 1. The van der Waals surface area contributed by atoms with Crippen LogP contribution >= 0.6 is 0 Å². The molecule has 10 nitrogen and oxygen atoms in total. The first-order chi connectivity index (χ1) is 13.9. The van der Waals surface area contributed by atoms with Crippen LogP contribution in [0.2, 0.25) is 0 Å². The predicted octanol–water partition coefficient (Wildman–Crippen LogP) is 2.24. The van der Waals surface area contributed by atoms with Gasteiger partial charge in [-0.15, -0.1) is 0 Å². The molecule has 29 heavy (non-hydrogen) atoms. The number of nitro benzene ring substituents is 1. The van der Waals surface area contributed by atoms with Gasteiger partial charge < -0.3 is 20.1 Å². The molecule has 1 amide bonds. The van der Waals surface area contributed by atoms with Gasteiger partial charge in [0, 0.05) is 44.7 Å². The van der Waals surface area contributed by atoms with Gasteiger partial charge in [0.1, 0.15) is 17.3 Å². The van der Waals surface area contributed by atoms with E-state index in [9.17, 15) is 14.9 Å². The SMILES string of the molecule is CC(=O)Nc1ccc(-c2nc3nc(N4CCN(C)CC4)ccc3[nH]2)cc1[N+](=O)[O-]. The molecule has 3 aromatic rings. The lowest BCUT2D eigenvalue weighted by Gasteiger charge is -2.33. The molecule has 1 saturated heterocycles. The van der Waals surface area contributed by atoms with Crippen molar-refractivity contribution in [3.8, 4) is 11.4 Å². The number of carbonyl (C=O) groups excluding carboxylic acids is 1. The molecular formula is C19H21N7O3. The second-order valence-corrected chi connectivity index (χ2v) is 7.09. The van der Waals surface area contributed by atoms with Crippen molar-refractivity contribution in [3.63, 3.8) is 0 Å². The topological polar surface area (TPSA) is 120 Å². The van der Waals surface area contributed by atoms with Crippen molar-refractivity contribution >= 4 is 34.3 Å². The Morgan fingerprint density at radius 1 is 1.17 bits per heavy atom. The standard InChI is InChI=1S/C19H21N7O3/c1-12(27)20-14-4-3-13(11-16(14)26(28)29)18-21-15-5-6-17(22-19(15)23-18)25-9-7-24(2)8-10-25/h3-6,11H,7-10H2,1-2H3,(H,20,27)(H,21,22,23). The van der Waals surface area contributed by atoms with Crippen molar-refractivity contribution in [2.45, 2.75) is 6.92 Å². The smallest absolute Gasteiger partial charge is 0.293 e. The summed E-state index contributed by atoms with van der Waals surface area (Å²) in [5.74, 6) is 0.987. The van der Waals surface area contributed by atoms with Gasteiger partial charge in [0.25, 0.3) is 5.69 Å². The Morgan fingerprint density at radius 2 is 1.93 bits per heavy atom. The first-order valence-corrected chi connectivity index (χ1v) is 9.27. The van der Waals surface area contributed by atoms with Gasteiger partial charge in [-0.05, 0) is 31.3 Å². The zero-order chi connectivity index (χ0) is 20.5. The summed E-state index contributed by atoms with van der Waals surface area (Å²) in [6.45, 7) is 5.08. The molecule has 10 heteroatoms. The molecular weight excluding hydrogens is 374 g/mol. The van der Waals surface area contributed by atoms with E-state index in [0.717, 1.165) is 37.5 Å². The average molecular weight is 395 g/mol. The Bertz CT molecular complexity index is 1090. The number of nitro groups is 1. The number of rotatable bonds is 4. The monoisotopic (exact) mass is 395 g/mol. The summed E-state index contributed by atoms with van der Waals surface area (Å²) in [4.78, 5) is 39.0. The van der Waals surface area contributed by atoms with Crippen LogP contribution in [-0.4, -0.2) is 63.9 Å². The molecule has 0 bridgehead atoms. The van der Waals surface area contributed by atoms with E-state index >= 15 is 0 Å². The summed E-state index contributed by atoms with van der Waals surface area (Å²) in [5, 5.41) is 13.9. The summed E-state index contributed by atoms with van der Waals surface area (Å²) in [5.41, 5.74) is 1.82. The lowest BCUT2D eigenvalue weighted by atomic mass is 10.1. The third-order valence-corrected chi connectivity index (χ3v) is 4.94. The summed E-state index contributed by atoms with van der Waals surface area (Å²) in [6, 6.07) is 8.46. The van der Waals surface area contributed by atoms with Crippen molar-refractivity contribution in [3.05, 3.63) is 40.4 Å². The van der Waals surface area contributed by atoms with E-state index in [0.29, 0.717) is 17.0 Å². The molecule has 0 radical (unpaired) electrons. The number of fused-ring (bicyclic) bond motifs is 1. The molecule has 2 aromatic heterocycles. The quantitative estimate of drug-likeness (QED) is 0.513. The van der Waals surface area contributed by atoms with E-state index in [4.69, 9.17) is 0 Å². The van der Waals surface area contributed by atoms with Crippen LogP contribution in [0.5, 0.6) is 0 Å². The number of likely N-dealkylation sites (N-methyl/N-ethyl adjacent to an activating group) is 1. The van der Waals surface area contributed by atoms with E-state index in [1.165, 1.54) is 19.1 Å². The maximum Gasteiger partial charge on any atom is 0.293 e. The fourth-order valence-corrected chi connectivity index (χ4v) is 3.36. The zero-order valence-electron chi connectivity index (χ0n) is 16.2. The van der Waals surface area contributed by atoms with Crippen molar-refractivity contribution < 1.29 is 9.72 Å².